The standard InChI is InChI=1S/C16H22N4O2/c1-5-22-15(21)13-10(2)18-16(17)19-14(13)11-6-8-12(9-7-11)20(3)4/h6-9,14H,5H2,1-4H3,(H3,17,18,19)/t14-/m1/s1. The van der Waals surface area contributed by atoms with E-state index in [1.54, 1.807) is 13.8 Å². The number of aliphatic imine (C=N–C) groups is 1. The van der Waals surface area contributed by atoms with Crippen molar-refractivity contribution in [2.24, 2.45) is 10.7 Å². The number of allylic oxidation sites excluding steroid dienone is 1. The van der Waals surface area contributed by atoms with Crippen LogP contribution in [0.3, 0.4) is 0 Å². The van der Waals surface area contributed by atoms with E-state index in [0.717, 1.165) is 11.3 Å². The maximum absolute atomic E-state index is 12.2. The molecule has 0 saturated carbocycles. The second kappa shape index (κ2) is 6.51. The van der Waals surface area contributed by atoms with Crippen molar-refractivity contribution in [1.82, 2.24) is 5.32 Å². The highest BCUT2D eigenvalue weighted by molar-refractivity contribution is 5.94. The fourth-order valence-corrected chi connectivity index (χ4v) is 2.37. The van der Waals surface area contributed by atoms with Gasteiger partial charge in [-0.2, -0.15) is 0 Å². The Hall–Kier alpha value is -2.50. The van der Waals surface area contributed by atoms with E-state index in [0.29, 0.717) is 23.8 Å². The number of hydrogen-bond acceptors (Lipinski definition) is 6. The van der Waals surface area contributed by atoms with Crippen LogP contribution >= 0.6 is 0 Å². The van der Waals surface area contributed by atoms with Crippen LogP contribution in [-0.2, 0) is 9.53 Å². The van der Waals surface area contributed by atoms with Crippen LogP contribution in [0, 0.1) is 0 Å². The Labute approximate surface area is 130 Å². The maximum atomic E-state index is 12.2. The summed E-state index contributed by atoms with van der Waals surface area (Å²) >= 11 is 0. The van der Waals surface area contributed by atoms with Gasteiger partial charge < -0.3 is 20.7 Å². The third kappa shape index (κ3) is 3.21. The average Bonchev–Trinajstić information content (AvgIpc) is 2.46. The summed E-state index contributed by atoms with van der Waals surface area (Å²) in [5.74, 6) is -0.0716. The average molecular weight is 302 g/mol. The fourth-order valence-electron chi connectivity index (χ4n) is 2.37. The van der Waals surface area contributed by atoms with E-state index < -0.39 is 6.04 Å². The van der Waals surface area contributed by atoms with Crippen molar-refractivity contribution < 1.29 is 9.53 Å². The number of nitrogens with one attached hydrogen (secondary N) is 1. The summed E-state index contributed by atoms with van der Waals surface area (Å²) < 4.78 is 5.15. The predicted octanol–water partition coefficient (Wildman–Crippen LogP) is 1.55. The third-order valence-electron chi connectivity index (χ3n) is 3.48. The largest absolute Gasteiger partial charge is 0.463 e. The summed E-state index contributed by atoms with van der Waals surface area (Å²) in [5, 5.41) is 2.90. The Bertz CT molecular complexity index is 618. The van der Waals surface area contributed by atoms with Gasteiger partial charge in [-0.1, -0.05) is 12.1 Å². The molecule has 1 heterocycles. The van der Waals surface area contributed by atoms with E-state index in [4.69, 9.17) is 10.5 Å². The number of rotatable bonds is 4. The lowest BCUT2D eigenvalue weighted by Gasteiger charge is -2.25. The monoisotopic (exact) mass is 302 g/mol. The van der Waals surface area contributed by atoms with Gasteiger partial charge in [0.1, 0.15) is 6.04 Å². The van der Waals surface area contributed by atoms with Crippen LogP contribution in [-0.4, -0.2) is 32.6 Å². The van der Waals surface area contributed by atoms with Crippen molar-refractivity contribution >= 4 is 17.6 Å². The molecule has 0 spiro atoms. The minimum absolute atomic E-state index is 0.298. The Balaban J connectivity index is 2.40. The van der Waals surface area contributed by atoms with Crippen molar-refractivity contribution in [3.8, 4) is 0 Å². The second-order valence-electron chi connectivity index (χ2n) is 5.29. The molecule has 1 aliphatic heterocycles. The minimum atomic E-state index is -0.448. The van der Waals surface area contributed by atoms with Gasteiger partial charge in [-0.15, -0.1) is 0 Å². The van der Waals surface area contributed by atoms with Crippen LogP contribution in [0.2, 0.25) is 0 Å². The molecular formula is C16H22N4O2. The number of anilines is 1. The van der Waals surface area contributed by atoms with E-state index in [2.05, 4.69) is 10.3 Å². The Morgan fingerprint density at radius 2 is 2.00 bits per heavy atom. The van der Waals surface area contributed by atoms with Crippen LogP contribution in [0.25, 0.3) is 0 Å². The van der Waals surface area contributed by atoms with Gasteiger partial charge in [-0.3, -0.25) is 0 Å². The first-order chi connectivity index (χ1) is 10.4. The lowest BCUT2D eigenvalue weighted by atomic mass is 9.96. The van der Waals surface area contributed by atoms with E-state index in [9.17, 15) is 4.79 Å². The number of ether oxygens (including phenoxy) is 1. The number of hydrogen-bond donors (Lipinski definition) is 2. The number of carbonyl (C=O) groups excluding carboxylic acids is 1. The SMILES string of the molecule is CCOC(=O)C1=C(C)NC(N)=N[C@@H]1c1ccc(N(C)C)cc1. The summed E-state index contributed by atoms with van der Waals surface area (Å²) in [5.41, 5.74) is 8.96. The Morgan fingerprint density at radius 1 is 1.36 bits per heavy atom. The molecule has 0 aromatic heterocycles. The molecule has 22 heavy (non-hydrogen) atoms. The van der Waals surface area contributed by atoms with Gasteiger partial charge in [-0.25, -0.2) is 9.79 Å². The van der Waals surface area contributed by atoms with E-state index in [1.165, 1.54) is 0 Å². The van der Waals surface area contributed by atoms with Crippen LogP contribution in [0.5, 0.6) is 0 Å². The molecular weight excluding hydrogens is 280 g/mol. The number of nitrogens with two attached hydrogens (primary N) is 1. The fraction of sp³-hybridized carbons (Fsp3) is 0.375. The van der Waals surface area contributed by atoms with Gasteiger partial charge in [0, 0.05) is 25.5 Å². The van der Waals surface area contributed by atoms with Gasteiger partial charge in [0.05, 0.1) is 12.2 Å². The lowest BCUT2D eigenvalue weighted by molar-refractivity contribution is -0.138. The summed E-state index contributed by atoms with van der Waals surface area (Å²) in [6, 6.07) is 7.43. The van der Waals surface area contributed by atoms with Crippen molar-refractivity contribution in [2.75, 3.05) is 25.6 Å². The minimum Gasteiger partial charge on any atom is -0.463 e. The molecule has 1 aromatic carbocycles. The van der Waals surface area contributed by atoms with Gasteiger partial charge in [0.2, 0.25) is 0 Å². The molecule has 0 bridgehead atoms. The zero-order valence-electron chi connectivity index (χ0n) is 13.4. The van der Waals surface area contributed by atoms with Crippen LogP contribution in [0.15, 0.2) is 40.5 Å². The van der Waals surface area contributed by atoms with Gasteiger partial charge >= 0.3 is 5.97 Å². The van der Waals surface area contributed by atoms with Crippen LogP contribution < -0.4 is 16.0 Å². The third-order valence-corrected chi connectivity index (χ3v) is 3.48. The zero-order chi connectivity index (χ0) is 16.3. The van der Waals surface area contributed by atoms with Crippen molar-refractivity contribution in [3.05, 3.63) is 41.1 Å². The predicted molar refractivity (Wildman–Crippen MR) is 87.6 cm³/mol. The number of carbonyl (C=O) groups is 1. The molecule has 0 aliphatic carbocycles. The van der Waals surface area contributed by atoms with Gasteiger partial charge in [0.25, 0.3) is 0 Å². The first-order valence-corrected chi connectivity index (χ1v) is 7.19. The van der Waals surface area contributed by atoms with Gasteiger partial charge in [0.15, 0.2) is 5.96 Å². The first-order valence-electron chi connectivity index (χ1n) is 7.19. The van der Waals surface area contributed by atoms with Crippen molar-refractivity contribution in [3.63, 3.8) is 0 Å². The Morgan fingerprint density at radius 3 is 2.55 bits per heavy atom. The number of benzene rings is 1. The highest BCUT2D eigenvalue weighted by Gasteiger charge is 2.29. The summed E-state index contributed by atoms with van der Waals surface area (Å²) in [4.78, 5) is 18.6. The topological polar surface area (TPSA) is 79.9 Å². The molecule has 1 aromatic rings. The highest BCUT2D eigenvalue weighted by atomic mass is 16.5. The molecule has 6 heteroatoms. The number of esters is 1. The molecule has 0 fully saturated rings. The first kappa shape index (κ1) is 15.9. The quantitative estimate of drug-likeness (QED) is 0.825. The maximum Gasteiger partial charge on any atom is 0.338 e. The normalized spacial score (nSPS) is 17.6. The van der Waals surface area contributed by atoms with E-state index in [1.807, 2.05) is 43.3 Å². The summed E-state index contributed by atoms with van der Waals surface area (Å²) in [6.45, 7) is 3.90. The summed E-state index contributed by atoms with van der Waals surface area (Å²) in [6.07, 6.45) is 0. The molecule has 1 atom stereocenters. The summed E-state index contributed by atoms with van der Waals surface area (Å²) in [7, 11) is 3.95. The molecule has 0 saturated heterocycles. The molecule has 2 rings (SSSR count). The van der Waals surface area contributed by atoms with Crippen molar-refractivity contribution in [1.29, 1.82) is 0 Å². The molecule has 0 radical (unpaired) electrons. The molecule has 1 aliphatic rings. The molecule has 6 nitrogen and oxygen atoms in total. The van der Waals surface area contributed by atoms with Crippen LogP contribution in [0.1, 0.15) is 25.5 Å². The molecule has 0 amide bonds. The Kier molecular flexibility index (Phi) is 4.70. The van der Waals surface area contributed by atoms with E-state index in [-0.39, 0.29) is 5.97 Å². The lowest BCUT2D eigenvalue weighted by Crippen LogP contribution is -2.37. The molecule has 0 unspecified atom stereocenters. The molecule has 3 N–H and O–H groups in total. The number of guanidine groups is 1. The van der Waals surface area contributed by atoms with E-state index >= 15 is 0 Å². The highest BCUT2D eigenvalue weighted by Crippen LogP contribution is 2.31. The van der Waals surface area contributed by atoms with Crippen molar-refractivity contribution in [2.45, 2.75) is 19.9 Å². The molecule has 118 valence electrons. The zero-order valence-corrected chi connectivity index (χ0v) is 13.4. The smallest absolute Gasteiger partial charge is 0.338 e. The second-order valence-corrected chi connectivity index (χ2v) is 5.29. The van der Waals surface area contributed by atoms with Gasteiger partial charge in [-0.05, 0) is 31.5 Å². The number of nitrogens with zero attached hydrogens (tertiary/aromatic N) is 2. The van der Waals surface area contributed by atoms with Crippen LogP contribution in [0.4, 0.5) is 5.69 Å².